The summed E-state index contributed by atoms with van der Waals surface area (Å²) < 4.78 is 0. The summed E-state index contributed by atoms with van der Waals surface area (Å²) in [4.78, 5) is 15.0. The Bertz CT molecular complexity index is 359. The van der Waals surface area contributed by atoms with Crippen molar-refractivity contribution in [3.8, 4) is 0 Å². The normalized spacial score (nSPS) is 12.5. The van der Waals surface area contributed by atoms with Crippen molar-refractivity contribution < 1.29 is 4.79 Å². The third-order valence-corrected chi connectivity index (χ3v) is 3.36. The topological polar surface area (TPSA) is 23.6 Å². The highest BCUT2D eigenvalue weighted by Gasteiger charge is 2.09. The second-order valence-electron chi connectivity index (χ2n) is 4.88. The van der Waals surface area contributed by atoms with Gasteiger partial charge in [-0.15, -0.1) is 0 Å². The van der Waals surface area contributed by atoms with Crippen LogP contribution >= 0.6 is 0 Å². The van der Waals surface area contributed by atoms with Gasteiger partial charge in [0.1, 0.15) is 0 Å². The molecular formula is C15H24N2O. The molecule has 18 heavy (non-hydrogen) atoms. The van der Waals surface area contributed by atoms with Crippen LogP contribution < -0.4 is 4.90 Å². The molecule has 1 atom stereocenters. The molecule has 0 spiro atoms. The van der Waals surface area contributed by atoms with Gasteiger partial charge in [-0.1, -0.05) is 25.5 Å². The molecule has 0 aliphatic carbocycles. The van der Waals surface area contributed by atoms with Gasteiger partial charge < -0.3 is 9.80 Å². The van der Waals surface area contributed by atoms with Crippen molar-refractivity contribution in [2.24, 2.45) is 0 Å². The molecule has 3 nitrogen and oxygen atoms in total. The molecular weight excluding hydrogens is 224 g/mol. The van der Waals surface area contributed by atoms with Gasteiger partial charge in [0, 0.05) is 18.3 Å². The predicted octanol–water partition coefficient (Wildman–Crippen LogP) is 3.07. The molecule has 0 heterocycles. The molecule has 0 aliphatic heterocycles. The fraction of sp³-hybridized carbons (Fsp3) is 0.533. The number of hydrogen-bond donors (Lipinski definition) is 0. The molecule has 1 aromatic carbocycles. The molecule has 0 bridgehead atoms. The van der Waals surface area contributed by atoms with E-state index in [-0.39, 0.29) is 0 Å². The van der Waals surface area contributed by atoms with Crippen molar-refractivity contribution in [1.82, 2.24) is 4.90 Å². The van der Waals surface area contributed by atoms with Crippen LogP contribution in [0.3, 0.4) is 0 Å². The zero-order valence-electron chi connectivity index (χ0n) is 11.9. The SMILES string of the molecule is CCCCN(C=O)c1ccc([C@@H](C)N(C)C)cc1. The maximum atomic E-state index is 11.1. The van der Waals surface area contributed by atoms with Gasteiger partial charge in [0.15, 0.2) is 0 Å². The lowest BCUT2D eigenvalue weighted by Gasteiger charge is -2.22. The first-order valence-electron chi connectivity index (χ1n) is 6.58. The molecule has 0 N–H and O–H groups in total. The number of benzene rings is 1. The molecule has 0 unspecified atom stereocenters. The third kappa shape index (κ3) is 3.84. The summed E-state index contributed by atoms with van der Waals surface area (Å²) in [7, 11) is 4.13. The summed E-state index contributed by atoms with van der Waals surface area (Å²) in [5.41, 5.74) is 2.25. The Hall–Kier alpha value is -1.35. The average molecular weight is 248 g/mol. The number of carbonyl (C=O) groups is 1. The number of nitrogens with zero attached hydrogens (tertiary/aromatic N) is 2. The van der Waals surface area contributed by atoms with Crippen LogP contribution in [0.4, 0.5) is 5.69 Å². The van der Waals surface area contributed by atoms with E-state index >= 15 is 0 Å². The first kappa shape index (κ1) is 14.7. The number of amides is 1. The quantitative estimate of drug-likeness (QED) is 0.692. The molecule has 0 radical (unpaired) electrons. The van der Waals surface area contributed by atoms with Crippen LogP contribution in [0, 0.1) is 0 Å². The monoisotopic (exact) mass is 248 g/mol. The first-order valence-corrected chi connectivity index (χ1v) is 6.58. The highest BCUT2D eigenvalue weighted by atomic mass is 16.1. The molecule has 1 aromatic rings. The Labute approximate surface area is 110 Å². The van der Waals surface area contributed by atoms with Gasteiger partial charge in [-0.25, -0.2) is 0 Å². The van der Waals surface area contributed by atoms with Crippen molar-refractivity contribution in [3.05, 3.63) is 29.8 Å². The van der Waals surface area contributed by atoms with Gasteiger partial charge in [-0.05, 0) is 45.1 Å². The molecule has 100 valence electrons. The summed E-state index contributed by atoms with van der Waals surface area (Å²) >= 11 is 0. The van der Waals surface area contributed by atoms with Crippen molar-refractivity contribution in [1.29, 1.82) is 0 Å². The zero-order valence-corrected chi connectivity index (χ0v) is 11.9. The number of unbranched alkanes of at least 4 members (excludes halogenated alkanes) is 1. The van der Waals surface area contributed by atoms with Crippen LogP contribution in [0.25, 0.3) is 0 Å². The Kier molecular flexibility index (Phi) is 5.86. The largest absolute Gasteiger partial charge is 0.315 e. The van der Waals surface area contributed by atoms with Crippen molar-refractivity contribution in [3.63, 3.8) is 0 Å². The van der Waals surface area contributed by atoms with E-state index in [9.17, 15) is 4.79 Å². The molecule has 1 amide bonds. The zero-order chi connectivity index (χ0) is 13.5. The summed E-state index contributed by atoms with van der Waals surface area (Å²) in [5.74, 6) is 0. The van der Waals surface area contributed by atoms with E-state index in [1.807, 2.05) is 12.1 Å². The van der Waals surface area contributed by atoms with Crippen LogP contribution in [0.15, 0.2) is 24.3 Å². The van der Waals surface area contributed by atoms with Gasteiger partial charge in [-0.2, -0.15) is 0 Å². The van der Waals surface area contributed by atoms with E-state index in [0.29, 0.717) is 6.04 Å². The smallest absolute Gasteiger partial charge is 0.214 e. The Morgan fingerprint density at radius 3 is 2.28 bits per heavy atom. The Morgan fingerprint density at radius 1 is 1.22 bits per heavy atom. The van der Waals surface area contributed by atoms with Gasteiger partial charge in [-0.3, -0.25) is 4.79 Å². The standard InChI is InChI=1S/C15H24N2O/c1-5-6-11-17(12-18)15-9-7-14(8-10-15)13(2)16(3)4/h7-10,12-13H,5-6,11H2,1-4H3/t13-/m1/s1. The summed E-state index contributed by atoms with van der Waals surface area (Å²) in [5, 5.41) is 0. The highest BCUT2D eigenvalue weighted by Crippen LogP contribution is 2.21. The fourth-order valence-electron chi connectivity index (χ4n) is 1.81. The summed E-state index contributed by atoms with van der Waals surface area (Å²) in [6.07, 6.45) is 3.05. The number of anilines is 1. The predicted molar refractivity (Wildman–Crippen MR) is 76.9 cm³/mol. The van der Waals surface area contributed by atoms with Crippen molar-refractivity contribution in [2.45, 2.75) is 32.7 Å². The van der Waals surface area contributed by atoms with Gasteiger partial charge >= 0.3 is 0 Å². The maximum Gasteiger partial charge on any atom is 0.214 e. The lowest BCUT2D eigenvalue weighted by molar-refractivity contribution is -0.107. The van der Waals surface area contributed by atoms with Crippen LogP contribution in [0.5, 0.6) is 0 Å². The van der Waals surface area contributed by atoms with E-state index in [0.717, 1.165) is 31.5 Å². The second-order valence-corrected chi connectivity index (χ2v) is 4.88. The summed E-state index contributed by atoms with van der Waals surface area (Å²) in [6.45, 7) is 5.09. The van der Waals surface area contributed by atoms with Crippen LogP contribution in [-0.2, 0) is 4.79 Å². The van der Waals surface area contributed by atoms with Crippen molar-refractivity contribution in [2.75, 3.05) is 25.5 Å². The average Bonchev–Trinajstić information content (AvgIpc) is 2.39. The van der Waals surface area contributed by atoms with Gasteiger partial charge in [0.05, 0.1) is 0 Å². The van der Waals surface area contributed by atoms with Crippen molar-refractivity contribution >= 4 is 12.1 Å². The van der Waals surface area contributed by atoms with E-state index in [4.69, 9.17) is 0 Å². The van der Waals surface area contributed by atoms with E-state index in [2.05, 4.69) is 45.0 Å². The molecule has 0 saturated heterocycles. The lowest BCUT2D eigenvalue weighted by Crippen LogP contribution is -2.22. The van der Waals surface area contributed by atoms with E-state index < -0.39 is 0 Å². The third-order valence-electron chi connectivity index (χ3n) is 3.36. The molecule has 0 saturated carbocycles. The summed E-state index contributed by atoms with van der Waals surface area (Å²) in [6, 6.07) is 8.64. The number of carbonyl (C=O) groups excluding carboxylic acids is 1. The minimum atomic E-state index is 0.388. The maximum absolute atomic E-state index is 11.1. The lowest BCUT2D eigenvalue weighted by atomic mass is 10.1. The minimum Gasteiger partial charge on any atom is -0.315 e. The first-order chi connectivity index (χ1) is 8.60. The minimum absolute atomic E-state index is 0.388. The highest BCUT2D eigenvalue weighted by molar-refractivity contribution is 5.74. The van der Waals surface area contributed by atoms with Crippen LogP contribution in [0.1, 0.15) is 38.3 Å². The number of hydrogen-bond acceptors (Lipinski definition) is 2. The van der Waals surface area contributed by atoms with Gasteiger partial charge in [0.2, 0.25) is 6.41 Å². The Balaban J connectivity index is 2.77. The fourth-order valence-corrected chi connectivity index (χ4v) is 1.81. The molecule has 1 rings (SSSR count). The van der Waals surface area contributed by atoms with E-state index in [1.54, 1.807) is 4.90 Å². The molecule has 0 aliphatic rings. The molecule has 0 fully saturated rings. The molecule has 3 heteroatoms. The number of rotatable bonds is 7. The molecule has 0 aromatic heterocycles. The Morgan fingerprint density at radius 2 is 1.83 bits per heavy atom. The van der Waals surface area contributed by atoms with E-state index in [1.165, 1.54) is 5.56 Å². The second kappa shape index (κ2) is 7.17. The van der Waals surface area contributed by atoms with Crippen LogP contribution in [0.2, 0.25) is 0 Å². The van der Waals surface area contributed by atoms with Gasteiger partial charge in [0.25, 0.3) is 0 Å². The van der Waals surface area contributed by atoms with Crippen LogP contribution in [-0.4, -0.2) is 32.0 Å².